The van der Waals surface area contributed by atoms with Crippen molar-refractivity contribution >= 4 is 34.8 Å². The highest BCUT2D eigenvalue weighted by atomic mass is 35.5. The molecule has 27 heavy (non-hydrogen) atoms. The lowest BCUT2D eigenvalue weighted by Crippen LogP contribution is -2.25. The van der Waals surface area contributed by atoms with Crippen molar-refractivity contribution in [2.24, 2.45) is 0 Å². The average molecular weight is 402 g/mol. The molecule has 0 bridgehead atoms. The van der Waals surface area contributed by atoms with Crippen molar-refractivity contribution in [3.8, 4) is 11.5 Å². The van der Waals surface area contributed by atoms with Crippen LogP contribution in [0.15, 0.2) is 72.8 Å². The van der Waals surface area contributed by atoms with E-state index in [9.17, 15) is 4.79 Å². The van der Waals surface area contributed by atoms with Crippen molar-refractivity contribution in [2.45, 2.75) is 6.10 Å². The number of hydrogen-bond donors (Lipinski definition) is 1. The minimum atomic E-state index is -0.866. The summed E-state index contributed by atoms with van der Waals surface area (Å²) in [6.07, 6.45) is -0.866. The third-order valence-corrected chi connectivity index (χ3v) is 4.40. The van der Waals surface area contributed by atoms with E-state index in [1.54, 1.807) is 49.6 Å². The topological polar surface area (TPSA) is 47.6 Å². The van der Waals surface area contributed by atoms with E-state index in [2.05, 4.69) is 5.32 Å². The summed E-state index contributed by atoms with van der Waals surface area (Å²) in [5.41, 5.74) is 1.14. The predicted octanol–water partition coefficient (Wildman–Crippen LogP) is 5.76. The van der Waals surface area contributed by atoms with E-state index in [4.69, 9.17) is 32.7 Å². The maximum atomic E-state index is 12.9. The third kappa shape index (κ3) is 4.94. The van der Waals surface area contributed by atoms with E-state index < -0.39 is 6.10 Å². The normalized spacial score (nSPS) is 11.5. The lowest BCUT2D eigenvalue weighted by Gasteiger charge is -2.20. The number of benzene rings is 3. The summed E-state index contributed by atoms with van der Waals surface area (Å²) in [4.78, 5) is 12.9. The zero-order valence-corrected chi connectivity index (χ0v) is 16.0. The molecule has 0 radical (unpaired) electrons. The second kappa shape index (κ2) is 8.80. The van der Waals surface area contributed by atoms with Gasteiger partial charge in [-0.2, -0.15) is 0 Å². The Morgan fingerprint density at radius 2 is 1.59 bits per heavy atom. The van der Waals surface area contributed by atoms with Crippen molar-refractivity contribution in [1.29, 1.82) is 0 Å². The van der Waals surface area contributed by atoms with Crippen LogP contribution in [0.1, 0.15) is 11.7 Å². The van der Waals surface area contributed by atoms with Gasteiger partial charge in [-0.3, -0.25) is 4.79 Å². The molecule has 0 aromatic heterocycles. The van der Waals surface area contributed by atoms with Crippen LogP contribution in [0.4, 0.5) is 5.69 Å². The van der Waals surface area contributed by atoms with Gasteiger partial charge in [0.15, 0.2) is 0 Å². The SMILES string of the molecule is COc1ccc(OC(C(=O)Nc2cc(Cl)ccc2Cl)c2ccccc2)cc1. The third-order valence-electron chi connectivity index (χ3n) is 3.84. The fourth-order valence-corrected chi connectivity index (χ4v) is 2.82. The first-order valence-electron chi connectivity index (χ1n) is 8.18. The molecule has 6 heteroatoms. The Hall–Kier alpha value is -2.69. The Morgan fingerprint density at radius 1 is 0.926 bits per heavy atom. The van der Waals surface area contributed by atoms with Gasteiger partial charge in [-0.05, 0) is 42.5 Å². The number of rotatable bonds is 6. The summed E-state index contributed by atoms with van der Waals surface area (Å²) in [5, 5.41) is 3.65. The maximum absolute atomic E-state index is 12.9. The Labute approximate surface area is 167 Å². The number of halogens is 2. The molecule has 1 atom stereocenters. The number of ether oxygens (including phenoxy) is 2. The molecule has 0 saturated heterocycles. The number of methoxy groups -OCH3 is 1. The molecule has 3 aromatic rings. The highest BCUT2D eigenvalue weighted by Crippen LogP contribution is 2.29. The van der Waals surface area contributed by atoms with Crippen molar-refractivity contribution in [3.05, 3.63) is 88.4 Å². The van der Waals surface area contributed by atoms with Gasteiger partial charge in [-0.15, -0.1) is 0 Å². The van der Waals surface area contributed by atoms with Crippen LogP contribution in [0.5, 0.6) is 11.5 Å². The van der Waals surface area contributed by atoms with Gasteiger partial charge in [0.1, 0.15) is 11.5 Å². The molecule has 4 nitrogen and oxygen atoms in total. The lowest BCUT2D eigenvalue weighted by molar-refractivity contribution is -0.123. The zero-order chi connectivity index (χ0) is 19.2. The first-order chi connectivity index (χ1) is 13.1. The Balaban J connectivity index is 1.87. The fraction of sp³-hybridized carbons (Fsp3) is 0.0952. The number of anilines is 1. The summed E-state index contributed by atoms with van der Waals surface area (Å²) in [6.45, 7) is 0. The van der Waals surface area contributed by atoms with Gasteiger partial charge in [-0.25, -0.2) is 0 Å². The zero-order valence-electron chi connectivity index (χ0n) is 14.5. The number of carbonyl (C=O) groups excluding carboxylic acids is 1. The average Bonchev–Trinajstić information content (AvgIpc) is 2.70. The van der Waals surface area contributed by atoms with E-state index in [0.717, 1.165) is 0 Å². The van der Waals surface area contributed by atoms with Crippen LogP contribution in [0.3, 0.4) is 0 Å². The molecular weight excluding hydrogens is 385 g/mol. The van der Waals surface area contributed by atoms with Gasteiger partial charge in [-0.1, -0.05) is 53.5 Å². The van der Waals surface area contributed by atoms with E-state index in [1.165, 1.54) is 0 Å². The van der Waals surface area contributed by atoms with Gasteiger partial charge in [0.25, 0.3) is 5.91 Å². The molecule has 0 spiro atoms. The molecule has 3 rings (SSSR count). The molecular formula is C21H17Cl2NO3. The summed E-state index contributed by atoms with van der Waals surface area (Å²) in [5.74, 6) is 0.881. The second-order valence-electron chi connectivity index (χ2n) is 5.70. The summed E-state index contributed by atoms with van der Waals surface area (Å²) in [7, 11) is 1.59. The minimum absolute atomic E-state index is 0.360. The number of carbonyl (C=O) groups is 1. The minimum Gasteiger partial charge on any atom is -0.497 e. The Bertz CT molecular complexity index is 914. The van der Waals surface area contributed by atoms with E-state index >= 15 is 0 Å². The van der Waals surface area contributed by atoms with Crippen LogP contribution in [0, 0.1) is 0 Å². The van der Waals surface area contributed by atoms with Crippen LogP contribution in [-0.4, -0.2) is 13.0 Å². The van der Waals surface area contributed by atoms with Crippen molar-refractivity contribution in [1.82, 2.24) is 0 Å². The van der Waals surface area contributed by atoms with Gasteiger partial charge < -0.3 is 14.8 Å². The second-order valence-corrected chi connectivity index (χ2v) is 6.54. The molecule has 0 heterocycles. The van der Waals surface area contributed by atoms with Crippen LogP contribution in [0.25, 0.3) is 0 Å². The maximum Gasteiger partial charge on any atom is 0.270 e. The van der Waals surface area contributed by atoms with Crippen molar-refractivity contribution in [3.63, 3.8) is 0 Å². The van der Waals surface area contributed by atoms with Gasteiger partial charge >= 0.3 is 0 Å². The Kier molecular flexibility index (Phi) is 6.22. The number of amides is 1. The quantitative estimate of drug-likeness (QED) is 0.570. The van der Waals surface area contributed by atoms with Gasteiger partial charge in [0, 0.05) is 10.6 Å². The summed E-state index contributed by atoms with van der Waals surface area (Å²) >= 11 is 12.2. The first-order valence-corrected chi connectivity index (χ1v) is 8.94. The smallest absolute Gasteiger partial charge is 0.270 e. The molecule has 0 aliphatic heterocycles. The van der Waals surface area contributed by atoms with E-state index in [0.29, 0.717) is 32.8 Å². The summed E-state index contributed by atoms with van der Waals surface area (Å²) < 4.78 is 11.1. The summed E-state index contributed by atoms with van der Waals surface area (Å²) in [6, 6.07) is 21.1. The van der Waals surface area contributed by atoms with Crippen LogP contribution < -0.4 is 14.8 Å². The monoisotopic (exact) mass is 401 g/mol. The number of nitrogens with one attached hydrogen (secondary N) is 1. The number of hydrogen-bond acceptors (Lipinski definition) is 3. The molecule has 0 fully saturated rings. The van der Waals surface area contributed by atoms with Gasteiger partial charge in [0.2, 0.25) is 6.10 Å². The molecule has 1 amide bonds. The molecule has 138 valence electrons. The largest absolute Gasteiger partial charge is 0.497 e. The molecule has 0 aliphatic carbocycles. The van der Waals surface area contributed by atoms with Crippen molar-refractivity contribution in [2.75, 3.05) is 12.4 Å². The highest BCUT2D eigenvalue weighted by molar-refractivity contribution is 6.35. The van der Waals surface area contributed by atoms with E-state index in [1.807, 2.05) is 30.3 Å². The predicted molar refractivity (Wildman–Crippen MR) is 108 cm³/mol. The fourth-order valence-electron chi connectivity index (χ4n) is 2.48. The van der Waals surface area contributed by atoms with E-state index in [-0.39, 0.29) is 5.91 Å². The van der Waals surface area contributed by atoms with Crippen LogP contribution in [-0.2, 0) is 4.79 Å². The molecule has 0 saturated carbocycles. The van der Waals surface area contributed by atoms with Crippen LogP contribution in [0.2, 0.25) is 10.0 Å². The van der Waals surface area contributed by atoms with Crippen molar-refractivity contribution < 1.29 is 14.3 Å². The molecule has 1 N–H and O–H groups in total. The molecule has 1 unspecified atom stereocenters. The standard InChI is InChI=1S/C21H17Cl2NO3/c1-26-16-8-10-17(11-9-16)27-20(14-5-3-2-4-6-14)21(25)24-19-13-15(22)7-12-18(19)23/h2-13,20H,1H3,(H,24,25). The van der Waals surface area contributed by atoms with Gasteiger partial charge in [0.05, 0.1) is 17.8 Å². The molecule has 3 aromatic carbocycles. The highest BCUT2D eigenvalue weighted by Gasteiger charge is 2.23. The molecule has 0 aliphatic rings. The first kappa shape index (κ1) is 19.1. The lowest BCUT2D eigenvalue weighted by atomic mass is 10.1. The Morgan fingerprint density at radius 3 is 2.26 bits per heavy atom. The van der Waals surface area contributed by atoms with Crippen LogP contribution >= 0.6 is 23.2 Å².